The van der Waals surface area contributed by atoms with Crippen LogP contribution in [0.15, 0.2) is 12.0 Å². The molecule has 114 valence electrons. The molecule has 2 N–H and O–H groups in total. The van der Waals surface area contributed by atoms with Crippen molar-refractivity contribution in [2.45, 2.75) is 65.0 Å². The molecule has 2 unspecified atom stereocenters. The number of rotatable bonds is 10. The smallest absolute Gasteiger partial charge is 0.197 e. The SMILES string of the molecule is CCC(CO)OC(C)O/C(=C\OC)CCC(C)(C)O. The topological polar surface area (TPSA) is 68.2 Å². The lowest BCUT2D eigenvalue weighted by molar-refractivity contribution is -0.151. The van der Waals surface area contributed by atoms with Crippen molar-refractivity contribution in [3.05, 3.63) is 12.0 Å². The van der Waals surface area contributed by atoms with E-state index in [0.717, 1.165) is 6.42 Å². The molecule has 19 heavy (non-hydrogen) atoms. The summed E-state index contributed by atoms with van der Waals surface area (Å²) >= 11 is 0. The molecule has 0 saturated carbocycles. The van der Waals surface area contributed by atoms with Gasteiger partial charge in [-0.05, 0) is 33.6 Å². The first-order valence-electron chi connectivity index (χ1n) is 6.69. The average Bonchev–Trinajstić information content (AvgIpc) is 2.32. The highest BCUT2D eigenvalue weighted by Crippen LogP contribution is 2.18. The highest BCUT2D eigenvalue weighted by Gasteiger charge is 2.17. The van der Waals surface area contributed by atoms with E-state index in [1.807, 2.05) is 6.92 Å². The lowest BCUT2D eigenvalue weighted by atomic mass is 10.0. The Labute approximate surface area is 116 Å². The number of hydrogen-bond acceptors (Lipinski definition) is 5. The van der Waals surface area contributed by atoms with E-state index >= 15 is 0 Å². The molecule has 0 aliphatic heterocycles. The first-order chi connectivity index (χ1) is 8.82. The number of methoxy groups -OCH3 is 1. The molecule has 5 nitrogen and oxygen atoms in total. The van der Waals surface area contributed by atoms with Crippen molar-refractivity contribution in [3.8, 4) is 0 Å². The van der Waals surface area contributed by atoms with Crippen LogP contribution in [0.2, 0.25) is 0 Å². The summed E-state index contributed by atoms with van der Waals surface area (Å²) in [5.41, 5.74) is -0.753. The van der Waals surface area contributed by atoms with Gasteiger partial charge in [-0.2, -0.15) is 0 Å². The summed E-state index contributed by atoms with van der Waals surface area (Å²) in [4.78, 5) is 0. The molecular formula is C14H28O5. The van der Waals surface area contributed by atoms with Gasteiger partial charge in [-0.3, -0.25) is 0 Å². The molecule has 0 radical (unpaired) electrons. The summed E-state index contributed by atoms with van der Waals surface area (Å²) < 4.78 is 16.1. The van der Waals surface area contributed by atoms with Crippen molar-refractivity contribution >= 4 is 0 Å². The Kier molecular flexibility index (Phi) is 8.80. The van der Waals surface area contributed by atoms with E-state index in [2.05, 4.69) is 0 Å². The van der Waals surface area contributed by atoms with Crippen LogP contribution in [0.25, 0.3) is 0 Å². The Hall–Kier alpha value is -0.780. The molecule has 0 spiro atoms. The molecule has 0 aromatic heterocycles. The highest BCUT2D eigenvalue weighted by atomic mass is 16.7. The Balaban J connectivity index is 4.30. The number of aliphatic hydroxyl groups excluding tert-OH is 1. The lowest BCUT2D eigenvalue weighted by Crippen LogP contribution is -2.25. The third kappa shape index (κ3) is 9.76. The van der Waals surface area contributed by atoms with E-state index < -0.39 is 11.9 Å². The van der Waals surface area contributed by atoms with Gasteiger partial charge in [-0.25, -0.2) is 0 Å². The molecule has 5 heteroatoms. The van der Waals surface area contributed by atoms with Crippen LogP contribution in [0.4, 0.5) is 0 Å². The van der Waals surface area contributed by atoms with Gasteiger partial charge in [-0.1, -0.05) is 6.92 Å². The predicted molar refractivity (Wildman–Crippen MR) is 73.4 cm³/mol. The third-order valence-corrected chi connectivity index (χ3v) is 2.59. The van der Waals surface area contributed by atoms with E-state index in [-0.39, 0.29) is 12.7 Å². The Morgan fingerprint density at radius 2 is 2.00 bits per heavy atom. The molecular weight excluding hydrogens is 248 g/mol. The summed E-state index contributed by atoms with van der Waals surface area (Å²) in [6.45, 7) is 7.17. The lowest BCUT2D eigenvalue weighted by Gasteiger charge is -2.23. The van der Waals surface area contributed by atoms with Gasteiger partial charge in [0.05, 0.1) is 25.4 Å². The zero-order valence-corrected chi connectivity index (χ0v) is 12.7. The molecule has 0 fully saturated rings. The number of ether oxygens (including phenoxy) is 3. The van der Waals surface area contributed by atoms with E-state index in [0.29, 0.717) is 18.6 Å². The Bertz CT molecular complexity index is 253. The summed E-state index contributed by atoms with van der Waals surface area (Å²) in [6.07, 6.45) is 2.64. The van der Waals surface area contributed by atoms with Gasteiger partial charge in [-0.15, -0.1) is 0 Å². The first kappa shape index (κ1) is 18.2. The Morgan fingerprint density at radius 1 is 1.37 bits per heavy atom. The van der Waals surface area contributed by atoms with Gasteiger partial charge in [0.2, 0.25) is 0 Å². The van der Waals surface area contributed by atoms with Crippen LogP contribution in [-0.2, 0) is 14.2 Å². The predicted octanol–water partition coefficient (Wildman–Crippen LogP) is 2.18. The van der Waals surface area contributed by atoms with Crippen molar-refractivity contribution in [3.63, 3.8) is 0 Å². The second-order valence-corrected chi connectivity index (χ2v) is 5.17. The maximum atomic E-state index is 9.70. The summed E-state index contributed by atoms with van der Waals surface area (Å²) in [5, 5.41) is 18.8. The zero-order chi connectivity index (χ0) is 14.9. The van der Waals surface area contributed by atoms with Crippen molar-refractivity contribution < 1.29 is 24.4 Å². The maximum Gasteiger partial charge on any atom is 0.197 e. The van der Waals surface area contributed by atoms with Gasteiger partial charge in [0.15, 0.2) is 6.29 Å². The van der Waals surface area contributed by atoms with Crippen LogP contribution in [0, 0.1) is 0 Å². The minimum atomic E-state index is -0.753. The molecule has 0 amide bonds. The fraction of sp³-hybridized carbons (Fsp3) is 0.857. The minimum Gasteiger partial charge on any atom is -0.501 e. The van der Waals surface area contributed by atoms with Gasteiger partial charge >= 0.3 is 0 Å². The quantitative estimate of drug-likeness (QED) is 0.473. The molecule has 0 aromatic rings. The van der Waals surface area contributed by atoms with Crippen LogP contribution >= 0.6 is 0 Å². The monoisotopic (exact) mass is 276 g/mol. The minimum absolute atomic E-state index is 0.0306. The summed E-state index contributed by atoms with van der Waals surface area (Å²) in [5.74, 6) is 0.616. The largest absolute Gasteiger partial charge is 0.501 e. The fourth-order valence-electron chi connectivity index (χ4n) is 1.49. The second-order valence-electron chi connectivity index (χ2n) is 5.17. The van der Waals surface area contributed by atoms with E-state index in [4.69, 9.17) is 19.3 Å². The summed E-state index contributed by atoms with van der Waals surface area (Å²) in [7, 11) is 1.54. The van der Waals surface area contributed by atoms with E-state index in [1.54, 1.807) is 27.9 Å². The van der Waals surface area contributed by atoms with Crippen molar-refractivity contribution in [1.29, 1.82) is 0 Å². The highest BCUT2D eigenvalue weighted by molar-refractivity contribution is 4.90. The maximum absolute atomic E-state index is 9.70. The van der Waals surface area contributed by atoms with Gasteiger partial charge < -0.3 is 24.4 Å². The number of aliphatic hydroxyl groups is 2. The van der Waals surface area contributed by atoms with Crippen LogP contribution in [-0.4, -0.2) is 41.9 Å². The van der Waals surface area contributed by atoms with Crippen molar-refractivity contribution in [2.75, 3.05) is 13.7 Å². The van der Waals surface area contributed by atoms with Crippen LogP contribution in [0.3, 0.4) is 0 Å². The molecule has 0 saturated heterocycles. The van der Waals surface area contributed by atoms with Gasteiger partial charge in [0.25, 0.3) is 0 Å². The number of hydrogen-bond donors (Lipinski definition) is 2. The molecule has 0 aliphatic carbocycles. The number of allylic oxidation sites excluding steroid dienone is 1. The molecule has 0 aliphatic rings. The molecule has 0 rings (SSSR count). The van der Waals surface area contributed by atoms with E-state index in [9.17, 15) is 5.11 Å². The molecule has 0 bridgehead atoms. The van der Waals surface area contributed by atoms with Crippen molar-refractivity contribution in [2.24, 2.45) is 0 Å². The van der Waals surface area contributed by atoms with Crippen LogP contribution < -0.4 is 0 Å². The van der Waals surface area contributed by atoms with E-state index in [1.165, 1.54) is 6.26 Å². The molecule has 2 atom stereocenters. The average molecular weight is 276 g/mol. The second kappa shape index (κ2) is 9.18. The Morgan fingerprint density at radius 3 is 2.42 bits per heavy atom. The summed E-state index contributed by atoms with van der Waals surface area (Å²) in [6, 6.07) is 0. The van der Waals surface area contributed by atoms with Crippen LogP contribution in [0.1, 0.15) is 47.0 Å². The van der Waals surface area contributed by atoms with Gasteiger partial charge in [0, 0.05) is 6.42 Å². The zero-order valence-electron chi connectivity index (χ0n) is 12.7. The first-order valence-corrected chi connectivity index (χ1v) is 6.69. The van der Waals surface area contributed by atoms with Gasteiger partial charge in [0.1, 0.15) is 12.0 Å². The fourth-order valence-corrected chi connectivity index (χ4v) is 1.49. The third-order valence-electron chi connectivity index (χ3n) is 2.59. The van der Waals surface area contributed by atoms with Crippen LogP contribution in [0.5, 0.6) is 0 Å². The molecule has 0 aromatic carbocycles. The standard InChI is InChI=1S/C14H28O5/c1-6-12(9-15)18-11(2)19-13(10-17-5)7-8-14(3,4)16/h10-12,15-16H,6-9H2,1-5H3/b13-10-. The normalized spacial score (nSPS) is 16.1. The van der Waals surface area contributed by atoms with Crippen molar-refractivity contribution in [1.82, 2.24) is 0 Å². The molecule has 0 heterocycles.